The molecule has 148 valence electrons. The Kier molecular flexibility index (Phi) is 8.05. The van der Waals surface area contributed by atoms with Gasteiger partial charge in [0.1, 0.15) is 6.61 Å². The number of para-hydroxylation sites is 1. The highest BCUT2D eigenvalue weighted by molar-refractivity contribution is 8.00. The number of aromatic nitrogens is 3. The summed E-state index contributed by atoms with van der Waals surface area (Å²) in [7, 11) is 1.61. The Morgan fingerprint density at radius 2 is 2.07 bits per heavy atom. The zero-order valence-corrected chi connectivity index (χ0v) is 16.8. The van der Waals surface area contributed by atoms with Crippen LogP contribution >= 0.6 is 11.8 Å². The lowest BCUT2D eigenvalue weighted by atomic mass is 10.3. The number of methoxy groups -OCH3 is 1. The van der Waals surface area contributed by atoms with E-state index in [2.05, 4.69) is 15.5 Å². The summed E-state index contributed by atoms with van der Waals surface area (Å²) in [5.41, 5.74) is 0. The van der Waals surface area contributed by atoms with Crippen molar-refractivity contribution in [3.05, 3.63) is 35.9 Å². The quantitative estimate of drug-likeness (QED) is 0.622. The molecule has 7 nitrogen and oxygen atoms in total. The van der Waals surface area contributed by atoms with E-state index in [4.69, 9.17) is 9.47 Å². The summed E-state index contributed by atoms with van der Waals surface area (Å²) in [4.78, 5) is 12.0. The summed E-state index contributed by atoms with van der Waals surface area (Å²) in [6.07, 6.45) is 0. The summed E-state index contributed by atoms with van der Waals surface area (Å²) in [5, 5.41) is 11.4. The minimum absolute atomic E-state index is 0.0537. The molecule has 0 fully saturated rings. The van der Waals surface area contributed by atoms with Gasteiger partial charge >= 0.3 is 0 Å². The molecular formula is C18H25FN4O3S. The van der Waals surface area contributed by atoms with E-state index in [1.165, 1.54) is 17.8 Å². The minimum Gasteiger partial charge on any atom is -0.483 e. The molecule has 2 rings (SSSR count). The second-order valence-corrected chi connectivity index (χ2v) is 7.25. The number of nitrogens with zero attached hydrogens (tertiary/aromatic N) is 3. The first-order valence-electron chi connectivity index (χ1n) is 8.72. The number of hydrogen-bond donors (Lipinski definition) is 1. The van der Waals surface area contributed by atoms with Gasteiger partial charge in [0.2, 0.25) is 5.91 Å². The summed E-state index contributed by atoms with van der Waals surface area (Å²) in [6.45, 7) is 6.70. The molecule has 1 aromatic carbocycles. The van der Waals surface area contributed by atoms with Crippen molar-refractivity contribution >= 4 is 17.7 Å². The van der Waals surface area contributed by atoms with E-state index < -0.39 is 5.82 Å². The van der Waals surface area contributed by atoms with E-state index in [0.29, 0.717) is 24.1 Å². The van der Waals surface area contributed by atoms with Gasteiger partial charge < -0.3 is 14.8 Å². The summed E-state index contributed by atoms with van der Waals surface area (Å²) < 4.78 is 26.5. The van der Waals surface area contributed by atoms with Crippen molar-refractivity contribution in [3.8, 4) is 5.75 Å². The van der Waals surface area contributed by atoms with Crippen LogP contribution in [0.5, 0.6) is 5.75 Å². The van der Waals surface area contributed by atoms with Crippen molar-refractivity contribution in [2.45, 2.75) is 43.8 Å². The van der Waals surface area contributed by atoms with Crippen molar-refractivity contribution < 1.29 is 18.7 Å². The average Bonchev–Trinajstić information content (AvgIpc) is 3.04. The lowest BCUT2D eigenvalue weighted by molar-refractivity contribution is -0.120. The minimum atomic E-state index is -0.437. The molecule has 0 aliphatic heterocycles. The number of amides is 1. The molecule has 2 aromatic rings. The lowest BCUT2D eigenvalue weighted by Gasteiger charge is -2.18. The number of thioether (sulfide) groups is 1. The van der Waals surface area contributed by atoms with Gasteiger partial charge in [-0.3, -0.25) is 9.36 Å². The zero-order chi connectivity index (χ0) is 19.8. The fourth-order valence-corrected chi connectivity index (χ4v) is 3.47. The van der Waals surface area contributed by atoms with Crippen LogP contribution in [0.1, 0.15) is 32.6 Å². The Bertz CT molecular complexity index is 756. The number of rotatable bonds is 10. The number of benzene rings is 1. The maximum Gasteiger partial charge on any atom is 0.233 e. The van der Waals surface area contributed by atoms with Gasteiger partial charge in [-0.15, -0.1) is 10.2 Å². The van der Waals surface area contributed by atoms with Gasteiger partial charge in [-0.1, -0.05) is 23.9 Å². The van der Waals surface area contributed by atoms with E-state index in [1.54, 1.807) is 25.3 Å². The smallest absolute Gasteiger partial charge is 0.233 e. The van der Waals surface area contributed by atoms with Crippen LogP contribution in [-0.2, 0) is 16.1 Å². The van der Waals surface area contributed by atoms with Crippen molar-refractivity contribution in [1.82, 2.24) is 20.1 Å². The van der Waals surface area contributed by atoms with E-state index in [9.17, 15) is 9.18 Å². The van der Waals surface area contributed by atoms with Gasteiger partial charge in [0.25, 0.3) is 0 Å². The molecule has 9 heteroatoms. The molecule has 0 spiro atoms. The van der Waals surface area contributed by atoms with Crippen LogP contribution in [0.4, 0.5) is 4.39 Å². The van der Waals surface area contributed by atoms with Crippen molar-refractivity contribution in [2.75, 3.05) is 20.3 Å². The monoisotopic (exact) mass is 396 g/mol. The Hall–Kier alpha value is -2.13. The average molecular weight is 396 g/mol. The first kappa shape index (κ1) is 21.2. The Balaban J connectivity index is 2.20. The van der Waals surface area contributed by atoms with Crippen LogP contribution < -0.4 is 10.1 Å². The standard InChI is InChI=1S/C18H25FN4O3S/c1-5-20-17(24)13(3)27-18-22-21-16(23(18)12(2)10-25-4)11-26-15-9-7-6-8-14(15)19/h6-9,12-13H,5,10-11H2,1-4H3,(H,20,24)/t12-,13-/m0/s1. The Labute approximate surface area is 162 Å². The van der Waals surface area contributed by atoms with Crippen LogP contribution in [0.2, 0.25) is 0 Å². The van der Waals surface area contributed by atoms with Crippen LogP contribution in [0.15, 0.2) is 29.4 Å². The van der Waals surface area contributed by atoms with Crippen molar-refractivity contribution in [1.29, 1.82) is 0 Å². The third kappa shape index (κ3) is 5.67. The van der Waals surface area contributed by atoms with Gasteiger partial charge in [-0.05, 0) is 32.9 Å². The Morgan fingerprint density at radius 3 is 2.74 bits per heavy atom. The largest absolute Gasteiger partial charge is 0.483 e. The maximum absolute atomic E-state index is 13.8. The number of halogens is 1. The van der Waals surface area contributed by atoms with E-state index in [1.807, 2.05) is 25.3 Å². The molecule has 0 radical (unpaired) electrons. The molecule has 2 atom stereocenters. The molecule has 0 saturated carbocycles. The normalized spacial score (nSPS) is 13.2. The first-order chi connectivity index (χ1) is 13.0. The first-order valence-corrected chi connectivity index (χ1v) is 9.60. The molecule has 1 amide bonds. The SMILES string of the molecule is CCNC(=O)[C@H](C)Sc1nnc(COc2ccccc2F)n1[C@@H](C)COC. The predicted molar refractivity (Wildman–Crippen MR) is 101 cm³/mol. The second-order valence-electron chi connectivity index (χ2n) is 5.95. The van der Waals surface area contributed by atoms with Gasteiger partial charge in [0.15, 0.2) is 22.5 Å². The highest BCUT2D eigenvalue weighted by atomic mass is 32.2. The van der Waals surface area contributed by atoms with E-state index >= 15 is 0 Å². The zero-order valence-electron chi connectivity index (χ0n) is 15.9. The molecule has 0 aliphatic carbocycles. The predicted octanol–water partition coefficient (Wildman–Crippen LogP) is 2.82. The molecule has 0 aliphatic rings. The van der Waals surface area contributed by atoms with Gasteiger partial charge in [0, 0.05) is 13.7 Å². The highest BCUT2D eigenvalue weighted by Gasteiger charge is 2.23. The van der Waals surface area contributed by atoms with Crippen LogP contribution in [0.25, 0.3) is 0 Å². The molecule has 0 unspecified atom stereocenters. The van der Waals surface area contributed by atoms with Gasteiger partial charge in [-0.25, -0.2) is 4.39 Å². The third-order valence-corrected chi connectivity index (χ3v) is 4.84. The molecular weight excluding hydrogens is 371 g/mol. The van der Waals surface area contributed by atoms with Crippen molar-refractivity contribution in [3.63, 3.8) is 0 Å². The molecule has 27 heavy (non-hydrogen) atoms. The number of carbonyl (C=O) groups excluding carboxylic acids is 1. The molecule has 0 bridgehead atoms. The van der Waals surface area contributed by atoms with Gasteiger partial charge in [0.05, 0.1) is 17.9 Å². The number of carbonyl (C=O) groups is 1. The fraction of sp³-hybridized carbons (Fsp3) is 0.500. The van der Waals surface area contributed by atoms with E-state index in [0.717, 1.165) is 0 Å². The molecule has 0 saturated heterocycles. The highest BCUT2D eigenvalue weighted by Crippen LogP contribution is 2.27. The number of hydrogen-bond acceptors (Lipinski definition) is 6. The second kappa shape index (κ2) is 10.3. The number of nitrogens with one attached hydrogen (secondary N) is 1. The topological polar surface area (TPSA) is 78.3 Å². The van der Waals surface area contributed by atoms with E-state index in [-0.39, 0.29) is 29.6 Å². The summed E-state index contributed by atoms with van der Waals surface area (Å²) in [5.74, 6) is 0.179. The maximum atomic E-state index is 13.8. The summed E-state index contributed by atoms with van der Waals surface area (Å²) >= 11 is 1.31. The number of ether oxygens (including phenoxy) is 2. The molecule has 1 heterocycles. The van der Waals surface area contributed by atoms with Crippen molar-refractivity contribution in [2.24, 2.45) is 0 Å². The van der Waals surface area contributed by atoms with Gasteiger partial charge in [-0.2, -0.15) is 0 Å². The lowest BCUT2D eigenvalue weighted by Crippen LogP contribution is -2.31. The van der Waals surface area contributed by atoms with Crippen LogP contribution in [0.3, 0.4) is 0 Å². The van der Waals surface area contributed by atoms with Crippen LogP contribution in [0, 0.1) is 5.82 Å². The fourth-order valence-electron chi connectivity index (χ4n) is 2.48. The Morgan fingerprint density at radius 1 is 1.33 bits per heavy atom. The van der Waals surface area contributed by atoms with Crippen LogP contribution in [-0.4, -0.2) is 46.2 Å². The summed E-state index contributed by atoms with van der Waals surface area (Å²) in [6, 6.07) is 6.12. The molecule has 1 N–H and O–H groups in total. The molecule has 1 aromatic heterocycles. The third-order valence-electron chi connectivity index (χ3n) is 3.78.